The molecule has 1 aromatic heterocycles. The molecule has 12 heavy (non-hydrogen) atoms. The maximum Gasteiger partial charge on any atom is 0.305 e. The Morgan fingerprint density at radius 2 is 2.58 bits per heavy atom. The third-order valence-corrected chi connectivity index (χ3v) is 1.22. The summed E-state index contributed by atoms with van der Waals surface area (Å²) in [5.41, 5.74) is 0. The fourth-order valence-electron chi connectivity index (χ4n) is 0.679. The highest BCUT2D eigenvalue weighted by Gasteiger charge is 1.93. The van der Waals surface area contributed by atoms with Gasteiger partial charge in [0.1, 0.15) is 5.76 Å². The maximum absolute atomic E-state index is 10.1. The molecule has 0 aromatic carbocycles. The van der Waals surface area contributed by atoms with Crippen LogP contribution in [0.5, 0.6) is 0 Å². The monoisotopic (exact) mass is 167 g/mol. The number of carboxylic acid groups (broad SMARTS) is 1. The predicted octanol–water partition coefficient (Wildman–Crippen LogP) is 1.17. The fourth-order valence-corrected chi connectivity index (χ4v) is 0.679. The van der Waals surface area contributed by atoms with Gasteiger partial charge in [0.25, 0.3) is 0 Å². The normalized spacial score (nSPS) is 10.7. The van der Waals surface area contributed by atoms with Crippen molar-refractivity contribution >= 4 is 12.2 Å². The summed E-state index contributed by atoms with van der Waals surface area (Å²) in [6.45, 7) is 0.288. The Bertz CT molecular complexity index is 264. The van der Waals surface area contributed by atoms with Crippen LogP contribution in [0.25, 0.3) is 0 Å². The van der Waals surface area contributed by atoms with E-state index in [1.807, 2.05) is 0 Å². The molecule has 0 bridgehead atoms. The zero-order valence-corrected chi connectivity index (χ0v) is 6.43. The first-order chi connectivity index (χ1) is 5.79. The molecule has 0 spiro atoms. The van der Waals surface area contributed by atoms with Gasteiger partial charge in [-0.3, -0.25) is 9.79 Å². The van der Waals surface area contributed by atoms with Crippen LogP contribution in [0, 0.1) is 0 Å². The summed E-state index contributed by atoms with van der Waals surface area (Å²) in [5.74, 6) is -0.202. The van der Waals surface area contributed by atoms with Crippen molar-refractivity contribution in [3.8, 4) is 0 Å². The number of aliphatic carboxylic acids is 1. The second-order valence-electron chi connectivity index (χ2n) is 2.19. The van der Waals surface area contributed by atoms with Gasteiger partial charge in [-0.25, -0.2) is 0 Å². The van der Waals surface area contributed by atoms with E-state index < -0.39 is 5.97 Å². The molecular weight excluding hydrogens is 158 g/mol. The molecule has 4 nitrogen and oxygen atoms in total. The molecular formula is C8H9NO3. The Morgan fingerprint density at radius 1 is 1.75 bits per heavy atom. The number of carboxylic acids is 1. The van der Waals surface area contributed by atoms with E-state index in [4.69, 9.17) is 9.52 Å². The molecule has 0 aliphatic rings. The third-order valence-electron chi connectivity index (χ3n) is 1.22. The molecule has 0 aliphatic heterocycles. The highest BCUT2D eigenvalue weighted by atomic mass is 16.4. The molecule has 1 aromatic rings. The summed E-state index contributed by atoms with van der Waals surface area (Å²) >= 11 is 0. The summed E-state index contributed by atoms with van der Waals surface area (Å²) < 4.78 is 4.94. The van der Waals surface area contributed by atoms with Crippen LogP contribution >= 0.6 is 0 Å². The molecule has 64 valence electrons. The number of rotatable bonds is 4. The van der Waals surface area contributed by atoms with E-state index in [1.165, 1.54) is 6.21 Å². The van der Waals surface area contributed by atoms with Gasteiger partial charge < -0.3 is 9.52 Å². The van der Waals surface area contributed by atoms with Gasteiger partial charge in [-0.1, -0.05) is 0 Å². The zero-order chi connectivity index (χ0) is 8.81. The average Bonchev–Trinajstić information content (AvgIpc) is 2.49. The second-order valence-corrected chi connectivity index (χ2v) is 2.19. The van der Waals surface area contributed by atoms with Crippen molar-refractivity contribution < 1.29 is 14.3 Å². The number of hydrogen-bond donors (Lipinski definition) is 1. The highest BCUT2D eigenvalue weighted by molar-refractivity contribution is 5.76. The van der Waals surface area contributed by atoms with Gasteiger partial charge in [0.15, 0.2) is 0 Å². The number of nitrogens with zero attached hydrogens (tertiary/aromatic N) is 1. The van der Waals surface area contributed by atoms with Gasteiger partial charge in [-0.05, 0) is 12.1 Å². The van der Waals surface area contributed by atoms with Crippen LogP contribution in [0.2, 0.25) is 0 Å². The van der Waals surface area contributed by atoms with Gasteiger partial charge in [0.2, 0.25) is 0 Å². The van der Waals surface area contributed by atoms with E-state index >= 15 is 0 Å². The minimum absolute atomic E-state index is 0.0528. The van der Waals surface area contributed by atoms with Crippen LogP contribution in [0.1, 0.15) is 12.2 Å². The molecule has 0 atom stereocenters. The van der Waals surface area contributed by atoms with E-state index in [9.17, 15) is 4.79 Å². The van der Waals surface area contributed by atoms with Gasteiger partial charge in [-0.2, -0.15) is 0 Å². The molecule has 0 aliphatic carbocycles. The second kappa shape index (κ2) is 4.33. The van der Waals surface area contributed by atoms with Crippen molar-refractivity contribution in [1.29, 1.82) is 0 Å². The van der Waals surface area contributed by atoms with Crippen molar-refractivity contribution in [3.05, 3.63) is 24.2 Å². The smallest absolute Gasteiger partial charge is 0.305 e. The van der Waals surface area contributed by atoms with Gasteiger partial charge in [0.05, 0.1) is 18.9 Å². The highest BCUT2D eigenvalue weighted by Crippen LogP contribution is 1.95. The third kappa shape index (κ3) is 3.01. The van der Waals surface area contributed by atoms with Crippen molar-refractivity contribution in [2.24, 2.45) is 4.99 Å². The standard InChI is InChI=1S/C8H9NO3/c10-8(11)3-4-9-6-7-2-1-5-12-7/h1-2,5-6H,3-4H2,(H,10,11). The first-order valence-corrected chi connectivity index (χ1v) is 3.54. The van der Waals surface area contributed by atoms with Crippen LogP contribution in [0.4, 0.5) is 0 Å². The van der Waals surface area contributed by atoms with Crippen LogP contribution in [-0.2, 0) is 4.79 Å². The first kappa shape index (κ1) is 8.52. The molecule has 0 unspecified atom stereocenters. The lowest BCUT2D eigenvalue weighted by Gasteiger charge is -1.86. The molecule has 0 fully saturated rings. The maximum atomic E-state index is 10.1. The van der Waals surface area contributed by atoms with Crippen LogP contribution < -0.4 is 0 Å². The summed E-state index contributed by atoms with van der Waals surface area (Å²) in [5, 5.41) is 8.27. The van der Waals surface area contributed by atoms with E-state index in [2.05, 4.69) is 4.99 Å². The topological polar surface area (TPSA) is 62.8 Å². The van der Waals surface area contributed by atoms with E-state index in [1.54, 1.807) is 18.4 Å². The molecule has 0 saturated heterocycles. The summed E-state index contributed by atoms with van der Waals surface area (Å²) in [6, 6.07) is 3.50. The molecule has 1 N–H and O–H groups in total. The van der Waals surface area contributed by atoms with Crippen molar-refractivity contribution in [3.63, 3.8) is 0 Å². The zero-order valence-electron chi connectivity index (χ0n) is 6.43. The minimum atomic E-state index is -0.841. The van der Waals surface area contributed by atoms with Gasteiger partial charge in [-0.15, -0.1) is 0 Å². The van der Waals surface area contributed by atoms with E-state index in [-0.39, 0.29) is 13.0 Å². The molecule has 1 heterocycles. The summed E-state index contributed by atoms with van der Waals surface area (Å²) in [7, 11) is 0. The molecule has 0 saturated carbocycles. The van der Waals surface area contributed by atoms with Crippen LogP contribution in [0.3, 0.4) is 0 Å². The predicted molar refractivity (Wildman–Crippen MR) is 43.4 cm³/mol. The van der Waals surface area contributed by atoms with Crippen LogP contribution in [0.15, 0.2) is 27.8 Å². The minimum Gasteiger partial charge on any atom is -0.481 e. The van der Waals surface area contributed by atoms with Crippen LogP contribution in [-0.4, -0.2) is 23.8 Å². The van der Waals surface area contributed by atoms with Crippen molar-refractivity contribution in [2.45, 2.75) is 6.42 Å². The lowest BCUT2D eigenvalue weighted by molar-refractivity contribution is -0.136. The Kier molecular flexibility index (Phi) is 3.07. The molecule has 0 radical (unpaired) electrons. The molecule has 1 rings (SSSR count). The molecule has 0 amide bonds. The largest absolute Gasteiger partial charge is 0.481 e. The molecule has 4 heteroatoms. The van der Waals surface area contributed by atoms with Gasteiger partial charge >= 0.3 is 5.97 Å². The lowest BCUT2D eigenvalue weighted by atomic mass is 10.4. The number of hydrogen-bond acceptors (Lipinski definition) is 3. The van der Waals surface area contributed by atoms with Gasteiger partial charge in [0, 0.05) is 6.54 Å². The Labute approximate surface area is 69.5 Å². The number of furan rings is 1. The Balaban J connectivity index is 2.27. The van der Waals surface area contributed by atoms with Crippen molar-refractivity contribution in [2.75, 3.05) is 6.54 Å². The Hall–Kier alpha value is -1.58. The quantitative estimate of drug-likeness (QED) is 0.684. The number of aliphatic imine (C=N–C) groups is 1. The average molecular weight is 167 g/mol. The summed E-state index contributed by atoms with van der Waals surface area (Å²) in [6.07, 6.45) is 3.11. The SMILES string of the molecule is O=C(O)CCN=Cc1ccco1. The summed E-state index contributed by atoms with van der Waals surface area (Å²) in [4.78, 5) is 13.9. The van der Waals surface area contributed by atoms with E-state index in [0.29, 0.717) is 5.76 Å². The van der Waals surface area contributed by atoms with E-state index in [0.717, 1.165) is 0 Å². The van der Waals surface area contributed by atoms with Crippen molar-refractivity contribution in [1.82, 2.24) is 0 Å². The fraction of sp³-hybridized carbons (Fsp3) is 0.250. The first-order valence-electron chi connectivity index (χ1n) is 3.54. The lowest BCUT2D eigenvalue weighted by Crippen LogP contribution is -1.96. The Morgan fingerprint density at radius 3 is 3.17 bits per heavy atom. The number of carbonyl (C=O) groups is 1.